The molecular weight excluding hydrogens is 639 g/mol. The molecule has 45 heavy (non-hydrogen) atoms. The summed E-state index contributed by atoms with van der Waals surface area (Å²) in [6, 6.07) is 17.9. The molecule has 6 N–H and O–H groups in total. The first-order valence-corrected chi connectivity index (χ1v) is 17.8. The molecular formula is C31H36ClN4O7PS. The molecule has 3 aromatic carbocycles. The van der Waals surface area contributed by atoms with Gasteiger partial charge in [0.05, 0.1) is 17.8 Å². The third kappa shape index (κ3) is 10.0. The zero-order chi connectivity index (χ0) is 32.6. The van der Waals surface area contributed by atoms with Crippen LogP contribution in [0, 0.1) is 0 Å². The van der Waals surface area contributed by atoms with Crippen LogP contribution in [0.5, 0.6) is 0 Å². The quantitative estimate of drug-likeness (QED) is 0.172. The fourth-order valence-corrected chi connectivity index (χ4v) is 7.25. The van der Waals surface area contributed by atoms with Gasteiger partial charge in [-0.1, -0.05) is 66.2 Å². The van der Waals surface area contributed by atoms with Crippen LogP contribution in [0.2, 0.25) is 5.02 Å². The highest BCUT2D eigenvalue weighted by Gasteiger charge is 2.36. The summed E-state index contributed by atoms with van der Waals surface area (Å²) in [5, 5.41) is 7.94. The average Bonchev–Trinajstić information content (AvgIpc) is 3.00. The Morgan fingerprint density at radius 1 is 1.02 bits per heavy atom. The summed E-state index contributed by atoms with van der Waals surface area (Å²) in [7, 11) is -4.36. The van der Waals surface area contributed by atoms with Crippen LogP contribution in [0.15, 0.2) is 66.7 Å². The van der Waals surface area contributed by atoms with Crippen molar-refractivity contribution < 1.29 is 33.5 Å². The lowest BCUT2D eigenvalue weighted by molar-refractivity contribution is -0.144. The fourth-order valence-electron chi connectivity index (χ4n) is 5.29. The van der Waals surface area contributed by atoms with E-state index >= 15 is 0 Å². The predicted octanol–water partition coefficient (Wildman–Crippen LogP) is 3.16. The van der Waals surface area contributed by atoms with Gasteiger partial charge in [-0.2, -0.15) is 0 Å². The van der Waals surface area contributed by atoms with Crippen LogP contribution >= 0.6 is 31.0 Å². The Labute approximate surface area is 270 Å². The minimum atomic E-state index is -4.36. The molecule has 1 fully saturated rings. The second-order valence-electron chi connectivity index (χ2n) is 10.9. The van der Waals surface area contributed by atoms with Crippen molar-refractivity contribution in [3.63, 3.8) is 0 Å². The minimum absolute atomic E-state index is 0.0443. The highest BCUT2D eigenvalue weighted by molar-refractivity contribution is 8.04. The van der Waals surface area contributed by atoms with Crippen LogP contribution < -0.4 is 16.4 Å². The Hall–Kier alpha value is -3.41. The van der Waals surface area contributed by atoms with Crippen molar-refractivity contribution >= 4 is 65.4 Å². The zero-order valence-corrected chi connectivity index (χ0v) is 26.9. The van der Waals surface area contributed by atoms with Gasteiger partial charge in [0.2, 0.25) is 23.6 Å². The van der Waals surface area contributed by atoms with Crippen LogP contribution in [0.3, 0.4) is 0 Å². The highest BCUT2D eigenvalue weighted by atomic mass is 35.5. The number of nitrogens with zero attached hydrogens (tertiary/aromatic N) is 1. The van der Waals surface area contributed by atoms with Crippen molar-refractivity contribution in [3.05, 3.63) is 82.9 Å². The standard InChI is InChI=1S/C31H36ClN4O7PS/c32-24-12-8-20(9-13-24)15-28(37)35-26(18-45-19-44(41,42)43)31(40)36-14-4-3-7-27(36)30(39)34-17-25(29(33)38)23-11-10-21-5-1-2-6-22(21)16-23/h1-2,5-6,8-13,16,25-27H,3-4,7,14-15,17-19H2,(H2,33,38)(H,34,39)(H,35,37)(H2,41,42,43). The van der Waals surface area contributed by atoms with Crippen molar-refractivity contribution in [3.8, 4) is 0 Å². The number of thioether (sulfide) groups is 1. The number of piperidine rings is 1. The van der Waals surface area contributed by atoms with Crippen LogP contribution in [-0.4, -0.2) is 74.7 Å². The number of nitrogens with two attached hydrogens (primary N) is 1. The third-order valence-electron chi connectivity index (χ3n) is 7.54. The molecule has 11 nitrogen and oxygen atoms in total. The summed E-state index contributed by atoms with van der Waals surface area (Å²) in [5.41, 5.74) is 6.51. The molecule has 1 saturated heterocycles. The molecule has 0 spiro atoms. The summed E-state index contributed by atoms with van der Waals surface area (Å²) in [4.78, 5) is 72.7. The fraction of sp³-hybridized carbons (Fsp3) is 0.355. The van der Waals surface area contributed by atoms with Gasteiger partial charge in [0, 0.05) is 23.9 Å². The Morgan fingerprint density at radius 3 is 2.42 bits per heavy atom. The SMILES string of the molecule is NC(=O)C(CNC(=O)C1CCCCN1C(=O)C(CSCP(=O)(O)O)NC(=O)Cc1ccc(Cl)cc1)c1ccc2ccccc2c1. The first-order chi connectivity index (χ1) is 21.4. The second-order valence-corrected chi connectivity index (χ2v) is 14.5. The summed E-state index contributed by atoms with van der Waals surface area (Å²) in [6.45, 7) is 0.192. The zero-order valence-electron chi connectivity index (χ0n) is 24.4. The monoisotopic (exact) mass is 674 g/mol. The van der Waals surface area contributed by atoms with E-state index in [1.807, 2.05) is 36.4 Å². The maximum Gasteiger partial charge on any atom is 0.335 e. The number of nitrogens with one attached hydrogen (secondary N) is 2. The molecule has 3 aromatic rings. The van der Waals surface area contributed by atoms with Gasteiger partial charge in [0.1, 0.15) is 12.1 Å². The lowest BCUT2D eigenvalue weighted by atomic mass is 9.95. The second kappa shape index (κ2) is 15.7. The summed E-state index contributed by atoms with van der Waals surface area (Å²) in [5.74, 6) is -2.96. The normalized spacial score (nSPS) is 16.5. The lowest BCUT2D eigenvalue weighted by Gasteiger charge is -2.37. The molecule has 0 radical (unpaired) electrons. The van der Waals surface area contributed by atoms with Crippen LogP contribution in [0.4, 0.5) is 0 Å². The molecule has 1 heterocycles. The van der Waals surface area contributed by atoms with Gasteiger partial charge >= 0.3 is 7.60 Å². The molecule has 1 aliphatic heterocycles. The van der Waals surface area contributed by atoms with Crippen LogP contribution in [-0.2, 0) is 30.2 Å². The number of hydrogen-bond donors (Lipinski definition) is 5. The topological polar surface area (TPSA) is 179 Å². The number of carbonyl (C=O) groups is 4. The smallest absolute Gasteiger partial charge is 0.335 e. The van der Waals surface area contributed by atoms with Gasteiger partial charge in [-0.05, 0) is 53.3 Å². The maximum absolute atomic E-state index is 13.8. The largest absolute Gasteiger partial charge is 0.369 e. The molecule has 0 aliphatic carbocycles. The van der Waals surface area contributed by atoms with E-state index in [1.165, 1.54) is 4.90 Å². The van der Waals surface area contributed by atoms with Gasteiger partial charge < -0.3 is 31.1 Å². The number of rotatable bonds is 13. The Bertz CT molecular complexity index is 1590. The first-order valence-electron chi connectivity index (χ1n) is 14.4. The predicted molar refractivity (Wildman–Crippen MR) is 175 cm³/mol. The van der Waals surface area contributed by atoms with E-state index in [2.05, 4.69) is 10.6 Å². The van der Waals surface area contributed by atoms with Gasteiger partial charge in [0.25, 0.3) is 0 Å². The average molecular weight is 675 g/mol. The summed E-state index contributed by atoms with van der Waals surface area (Å²) >= 11 is 6.77. The van der Waals surface area contributed by atoms with E-state index in [0.29, 0.717) is 35.4 Å². The van der Waals surface area contributed by atoms with E-state index in [1.54, 1.807) is 30.3 Å². The first kappa shape index (κ1) is 34.5. The van der Waals surface area contributed by atoms with E-state index in [4.69, 9.17) is 17.3 Å². The Kier molecular flexibility index (Phi) is 12.0. The van der Waals surface area contributed by atoms with Gasteiger partial charge in [-0.3, -0.25) is 23.7 Å². The number of benzene rings is 3. The number of halogens is 1. The molecule has 3 unspecified atom stereocenters. The van der Waals surface area contributed by atoms with Gasteiger partial charge in [-0.25, -0.2) is 0 Å². The molecule has 3 atom stereocenters. The number of amides is 4. The van der Waals surface area contributed by atoms with Crippen LogP contribution in [0.25, 0.3) is 10.8 Å². The van der Waals surface area contributed by atoms with Crippen molar-refractivity contribution in [1.82, 2.24) is 15.5 Å². The van der Waals surface area contributed by atoms with Crippen molar-refractivity contribution in [1.29, 1.82) is 0 Å². The lowest BCUT2D eigenvalue weighted by Crippen LogP contribution is -2.58. The molecule has 4 rings (SSSR count). The van der Waals surface area contributed by atoms with Gasteiger partial charge in [-0.15, -0.1) is 11.8 Å². The Morgan fingerprint density at radius 2 is 1.73 bits per heavy atom. The molecule has 1 aliphatic rings. The van der Waals surface area contributed by atoms with E-state index in [-0.39, 0.29) is 25.3 Å². The number of fused-ring (bicyclic) bond motifs is 1. The summed E-state index contributed by atoms with van der Waals surface area (Å²) in [6.07, 6.45) is 1.65. The minimum Gasteiger partial charge on any atom is -0.369 e. The summed E-state index contributed by atoms with van der Waals surface area (Å²) < 4.78 is 11.5. The molecule has 240 valence electrons. The van der Waals surface area contributed by atoms with E-state index < -0.39 is 54.7 Å². The number of likely N-dealkylation sites (tertiary alicyclic amines) is 1. The van der Waals surface area contributed by atoms with Crippen molar-refractivity contribution in [2.45, 2.75) is 43.7 Å². The molecule has 4 amide bonds. The molecule has 14 heteroatoms. The van der Waals surface area contributed by atoms with E-state index in [0.717, 1.165) is 22.5 Å². The highest BCUT2D eigenvalue weighted by Crippen LogP contribution is 2.38. The number of carbonyl (C=O) groups excluding carboxylic acids is 4. The third-order valence-corrected chi connectivity index (χ3v) is 10.4. The maximum atomic E-state index is 13.8. The number of hydrogen-bond acceptors (Lipinski definition) is 6. The van der Waals surface area contributed by atoms with Crippen LogP contribution in [0.1, 0.15) is 36.3 Å². The van der Waals surface area contributed by atoms with E-state index in [9.17, 15) is 33.5 Å². The van der Waals surface area contributed by atoms with Gasteiger partial charge in [0.15, 0.2) is 0 Å². The molecule has 0 saturated carbocycles. The van der Waals surface area contributed by atoms with Crippen molar-refractivity contribution in [2.75, 3.05) is 24.3 Å². The number of primary amides is 1. The molecule has 0 aromatic heterocycles. The molecule has 0 bridgehead atoms. The Balaban J connectivity index is 1.46. The van der Waals surface area contributed by atoms with Crippen molar-refractivity contribution in [2.24, 2.45) is 5.73 Å².